The number of Topliss-reactive ketones (excluding diaryl/α,β-unsaturated/α-hetero) is 1. The van der Waals surface area contributed by atoms with E-state index in [2.05, 4.69) is 4.90 Å². The minimum Gasteiger partial charge on any atom is -0.481 e. The average Bonchev–Trinajstić information content (AvgIpc) is 3.34. The van der Waals surface area contributed by atoms with Crippen LogP contribution in [0, 0.1) is 5.92 Å². The summed E-state index contributed by atoms with van der Waals surface area (Å²) < 4.78 is 14.1. The third kappa shape index (κ3) is 3.39. The summed E-state index contributed by atoms with van der Waals surface area (Å²) in [5.41, 5.74) is 1.64. The molecule has 2 N–H and O–H groups in total. The van der Waals surface area contributed by atoms with E-state index in [9.17, 15) is 24.6 Å². The molecule has 3 aliphatic carbocycles. The molecule has 4 atom stereocenters. The van der Waals surface area contributed by atoms with Crippen molar-refractivity contribution in [3.63, 3.8) is 0 Å². The SMILES string of the molecule is O=C(O)Cc1csc2c(CC(=O)Oc3ccc4c5c3O[C@H]3C(=O)CC[C@@]6(O)[C@@H](C4)N(CC4CC4)CCC536)csc12. The first-order valence-electron chi connectivity index (χ1n) is 14.0. The minimum absolute atomic E-state index is 0.0101. The van der Waals surface area contributed by atoms with Crippen LogP contribution < -0.4 is 9.47 Å². The lowest BCUT2D eigenvalue weighted by atomic mass is 9.49. The van der Waals surface area contributed by atoms with Crippen LogP contribution in [-0.2, 0) is 39.1 Å². The van der Waals surface area contributed by atoms with Crippen LogP contribution in [0.4, 0.5) is 0 Å². The van der Waals surface area contributed by atoms with Crippen LogP contribution in [0.25, 0.3) is 9.40 Å². The number of ether oxygens (including phenoxy) is 2. The molecule has 2 bridgehead atoms. The Balaban J connectivity index is 1.12. The maximum Gasteiger partial charge on any atom is 0.315 e. The number of hydrogen-bond acceptors (Lipinski definition) is 9. The van der Waals surface area contributed by atoms with E-state index in [1.807, 2.05) is 16.8 Å². The summed E-state index contributed by atoms with van der Waals surface area (Å²) in [5.74, 6) is 0.120. The standard InChI is InChI=1S/C30H29NO7S2/c32-19-5-6-30(36)21-9-16-3-4-20(25-24(16)29(30,28(19)38-25)7-8-31(21)12-15-1-2-15)37-23(35)11-18-14-40-26-17(10-22(33)34)13-39-27(18)26/h3-4,13-15,21,28,36H,1-2,5-12H2,(H,33,34)/t21-,28+,29?,30-/m1/s1. The van der Waals surface area contributed by atoms with Crippen LogP contribution >= 0.6 is 22.7 Å². The van der Waals surface area contributed by atoms with Gasteiger partial charge in [0.25, 0.3) is 0 Å². The summed E-state index contributed by atoms with van der Waals surface area (Å²) in [7, 11) is 0. The van der Waals surface area contributed by atoms with E-state index in [4.69, 9.17) is 9.47 Å². The summed E-state index contributed by atoms with van der Waals surface area (Å²) in [6, 6.07) is 3.71. The molecule has 8 nitrogen and oxygen atoms in total. The average molecular weight is 580 g/mol. The molecular weight excluding hydrogens is 550 g/mol. The van der Waals surface area contributed by atoms with Crippen molar-refractivity contribution in [2.45, 2.75) is 74.5 Å². The molecule has 2 aliphatic heterocycles. The van der Waals surface area contributed by atoms with Gasteiger partial charge < -0.3 is 19.7 Å². The molecule has 4 heterocycles. The fourth-order valence-electron chi connectivity index (χ4n) is 7.97. The zero-order chi connectivity index (χ0) is 27.4. The first-order chi connectivity index (χ1) is 19.3. The van der Waals surface area contributed by atoms with E-state index >= 15 is 0 Å². The van der Waals surface area contributed by atoms with Crippen LogP contribution in [0.3, 0.4) is 0 Å². The number of aliphatic carboxylic acids is 1. The zero-order valence-electron chi connectivity index (χ0n) is 21.8. The second kappa shape index (κ2) is 8.61. The number of thiophene rings is 2. The molecule has 1 spiro atoms. The highest BCUT2D eigenvalue weighted by Gasteiger charge is 2.73. The molecular formula is C30H29NO7S2. The van der Waals surface area contributed by atoms with E-state index in [0.717, 1.165) is 44.7 Å². The third-order valence-electron chi connectivity index (χ3n) is 9.87. The fraction of sp³-hybridized carbons (Fsp3) is 0.500. The molecule has 0 amide bonds. The van der Waals surface area contributed by atoms with Crippen molar-refractivity contribution in [1.29, 1.82) is 0 Å². The first kappa shape index (κ1) is 25.0. The zero-order valence-corrected chi connectivity index (χ0v) is 23.4. The lowest BCUT2D eigenvalue weighted by Gasteiger charge is -2.62. The summed E-state index contributed by atoms with van der Waals surface area (Å²) in [6.07, 6.45) is 3.78. The Morgan fingerprint density at radius 1 is 1.10 bits per heavy atom. The van der Waals surface area contributed by atoms with E-state index in [-0.39, 0.29) is 31.1 Å². The lowest BCUT2D eigenvalue weighted by molar-refractivity contribution is -0.188. The van der Waals surface area contributed by atoms with Gasteiger partial charge in [0.05, 0.1) is 23.9 Å². The number of hydrogen-bond donors (Lipinski definition) is 2. The Morgan fingerprint density at radius 3 is 2.58 bits per heavy atom. The number of esters is 1. The largest absolute Gasteiger partial charge is 0.481 e. The molecule has 2 saturated carbocycles. The van der Waals surface area contributed by atoms with Crippen molar-refractivity contribution in [3.05, 3.63) is 45.1 Å². The van der Waals surface area contributed by atoms with Gasteiger partial charge in [0.15, 0.2) is 23.4 Å². The number of benzene rings is 1. The van der Waals surface area contributed by atoms with E-state index in [1.54, 1.807) is 6.07 Å². The van der Waals surface area contributed by atoms with Gasteiger partial charge >= 0.3 is 11.9 Å². The number of fused-ring (bicyclic) bond motifs is 1. The number of carboxylic acid groups (broad SMARTS) is 1. The van der Waals surface area contributed by atoms with Crippen molar-refractivity contribution >= 4 is 49.8 Å². The minimum atomic E-state index is -1.06. The van der Waals surface area contributed by atoms with Crippen molar-refractivity contribution in [2.75, 3.05) is 13.1 Å². The fourth-order valence-corrected chi connectivity index (χ4v) is 10.4. The molecule has 2 aromatic heterocycles. The number of rotatable bonds is 7. The predicted molar refractivity (Wildman–Crippen MR) is 149 cm³/mol. The van der Waals surface area contributed by atoms with Crippen LogP contribution in [0.2, 0.25) is 0 Å². The van der Waals surface area contributed by atoms with Gasteiger partial charge in [-0.15, -0.1) is 22.7 Å². The Bertz CT molecular complexity index is 1600. The highest BCUT2D eigenvalue weighted by molar-refractivity contribution is 7.26. The van der Waals surface area contributed by atoms with Crippen LogP contribution in [0.1, 0.15) is 54.4 Å². The molecule has 8 rings (SSSR count). The van der Waals surface area contributed by atoms with E-state index < -0.39 is 29.1 Å². The smallest absolute Gasteiger partial charge is 0.315 e. The molecule has 5 aliphatic rings. The monoisotopic (exact) mass is 579 g/mol. The number of carbonyl (C=O) groups excluding carboxylic acids is 2. The van der Waals surface area contributed by atoms with Crippen molar-refractivity contribution in [1.82, 2.24) is 4.90 Å². The number of carbonyl (C=O) groups is 3. The number of ketones is 1. The Morgan fingerprint density at radius 2 is 1.85 bits per heavy atom. The molecule has 208 valence electrons. The van der Waals surface area contributed by atoms with Crippen LogP contribution in [0.15, 0.2) is 22.9 Å². The van der Waals surface area contributed by atoms with E-state index in [0.29, 0.717) is 36.7 Å². The summed E-state index contributed by atoms with van der Waals surface area (Å²) in [5, 5.41) is 25.3. The lowest BCUT2D eigenvalue weighted by Crippen LogP contribution is -2.76. The second-order valence-electron chi connectivity index (χ2n) is 12.1. The molecule has 10 heteroatoms. The Kier molecular flexibility index (Phi) is 5.37. The molecule has 3 fully saturated rings. The van der Waals surface area contributed by atoms with Crippen LogP contribution in [0.5, 0.6) is 11.5 Å². The van der Waals surface area contributed by atoms with Gasteiger partial charge in [0.2, 0.25) is 0 Å². The Labute approximate surface area is 238 Å². The van der Waals surface area contributed by atoms with Gasteiger partial charge in [-0.05, 0) is 78.1 Å². The second-order valence-corrected chi connectivity index (χ2v) is 13.9. The maximum atomic E-state index is 13.3. The van der Waals surface area contributed by atoms with Gasteiger partial charge in [-0.1, -0.05) is 6.07 Å². The van der Waals surface area contributed by atoms with Gasteiger partial charge in [0, 0.05) is 34.0 Å². The highest BCUT2D eigenvalue weighted by Crippen LogP contribution is 2.65. The number of nitrogens with zero attached hydrogens (tertiary/aromatic N) is 1. The highest BCUT2D eigenvalue weighted by atomic mass is 32.1. The van der Waals surface area contributed by atoms with E-state index in [1.165, 1.54) is 35.5 Å². The summed E-state index contributed by atoms with van der Waals surface area (Å²) in [6.45, 7) is 1.82. The molecule has 3 aromatic rings. The molecule has 1 saturated heterocycles. The van der Waals surface area contributed by atoms with Crippen molar-refractivity contribution in [2.24, 2.45) is 5.92 Å². The quantitative estimate of drug-likeness (QED) is 0.321. The number of aliphatic hydroxyl groups is 1. The number of carboxylic acids is 1. The molecule has 40 heavy (non-hydrogen) atoms. The molecule has 1 unspecified atom stereocenters. The first-order valence-corrected chi connectivity index (χ1v) is 15.8. The van der Waals surface area contributed by atoms with Gasteiger partial charge in [-0.3, -0.25) is 19.3 Å². The summed E-state index contributed by atoms with van der Waals surface area (Å²) in [4.78, 5) is 40.1. The van der Waals surface area contributed by atoms with Crippen molar-refractivity contribution < 1.29 is 34.1 Å². The van der Waals surface area contributed by atoms with Gasteiger partial charge in [-0.2, -0.15) is 0 Å². The number of likely N-dealkylation sites (tertiary alicyclic amines) is 1. The molecule has 1 aromatic carbocycles. The number of piperidine rings is 1. The Hall–Kier alpha value is -2.79. The third-order valence-corrected chi connectivity index (χ3v) is 12.2. The van der Waals surface area contributed by atoms with Gasteiger partial charge in [0.1, 0.15) is 0 Å². The molecule has 0 radical (unpaired) electrons. The maximum absolute atomic E-state index is 13.3. The normalized spacial score (nSPS) is 30.3. The van der Waals surface area contributed by atoms with Crippen LogP contribution in [-0.4, -0.2) is 63.7 Å². The van der Waals surface area contributed by atoms with Gasteiger partial charge in [-0.25, -0.2) is 0 Å². The summed E-state index contributed by atoms with van der Waals surface area (Å²) >= 11 is 2.89. The topological polar surface area (TPSA) is 113 Å². The predicted octanol–water partition coefficient (Wildman–Crippen LogP) is 3.87. The van der Waals surface area contributed by atoms with Crippen molar-refractivity contribution in [3.8, 4) is 11.5 Å².